The van der Waals surface area contributed by atoms with Crippen LogP contribution in [0, 0.1) is 13.8 Å². The average molecular weight is 353 g/mol. The third-order valence-electron chi connectivity index (χ3n) is 1.53. The van der Waals surface area contributed by atoms with Gasteiger partial charge in [-0.25, -0.2) is 0 Å². The standard InChI is InChI=1S/C8H11N.C3H8.C2H6O.3C2H6.CH5N.H2O.H2/c1-6-3-4-8(9)5-7(6)2;1-3-2;1-2-3;4*1-2;;/h3-5H,9H2,1-2H3;3H2,1-2H3;3H,2H2,1H3;3*1-2H3;2H2,1H3;1H2;1H. The lowest BCUT2D eigenvalue weighted by atomic mass is 10.1. The number of nitrogens with two attached hydrogens (primary N) is 2. The highest BCUT2D eigenvalue weighted by Gasteiger charge is 1.89. The largest absolute Gasteiger partial charge is 0.412 e. The molecule has 0 radical (unpaired) electrons. The zero-order chi connectivity index (χ0) is 20.3. The fourth-order valence-electron chi connectivity index (χ4n) is 0.765. The first kappa shape index (κ1) is 43.4. The highest BCUT2D eigenvalue weighted by Crippen LogP contribution is 2.09. The number of nitrogen functional groups attached to an aromatic ring is 1. The molecule has 1 rings (SSSR count). The molecule has 1 aromatic rings. The second kappa shape index (κ2) is 57.5. The van der Waals surface area contributed by atoms with Gasteiger partial charge in [-0.2, -0.15) is 0 Å². The quantitative estimate of drug-likeness (QED) is 0.546. The first-order valence-electron chi connectivity index (χ1n) is 9.04. The zero-order valence-electron chi connectivity index (χ0n) is 18.7. The summed E-state index contributed by atoms with van der Waals surface area (Å²) in [5.74, 6) is 0. The van der Waals surface area contributed by atoms with Crippen LogP contribution < -0.4 is 11.5 Å². The molecule has 0 fully saturated rings. The third-order valence-corrected chi connectivity index (χ3v) is 1.53. The summed E-state index contributed by atoms with van der Waals surface area (Å²) in [6.45, 7) is 22.3. The van der Waals surface area contributed by atoms with Gasteiger partial charge in [0.1, 0.15) is 0 Å². The Labute approximate surface area is 155 Å². The number of hydrogen-bond donors (Lipinski definition) is 3. The Morgan fingerprint density at radius 3 is 1.25 bits per heavy atom. The van der Waals surface area contributed by atoms with Crippen LogP contribution >= 0.6 is 0 Å². The molecule has 1 aromatic carbocycles. The lowest BCUT2D eigenvalue weighted by Crippen LogP contribution is -1.86. The molecule has 0 saturated heterocycles. The second-order valence-corrected chi connectivity index (χ2v) is 3.37. The zero-order valence-corrected chi connectivity index (χ0v) is 18.7. The summed E-state index contributed by atoms with van der Waals surface area (Å²) in [6.07, 6.45) is 1.25. The molecule has 0 aliphatic carbocycles. The summed E-state index contributed by atoms with van der Waals surface area (Å²) in [7, 11) is 1.50. The van der Waals surface area contributed by atoms with Crippen molar-refractivity contribution in [3.63, 3.8) is 0 Å². The minimum atomic E-state index is 0. The Kier molecular flexibility index (Phi) is 104. The molecule has 0 amide bonds. The van der Waals surface area contributed by atoms with Crippen LogP contribution in [0.3, 0.4) is 0 Å². The van der Waals surface area contributed by atoms with Gasteiger partial charge in [-0.1, -0.05) is 67.9 Å². The van der Waals surface area contributed by atoms with E-state index in [-0.39, 0.29) is 13.5 Å². The second-order valence-electron chi connectivity index (χ2n) is 3.37. The minimum absolute atomic E-state index is 0. The molecule has 0 bridgehead atoms. The summed E-state index contributed by atoms with van der Waals surface area (Å²) < 4.78 is 0. The predicted octanol–water partition coefficient (Wildman–Crippen LogP) is 5.38. The van der Waals surface area contributed by atoms with Crippen molar-refractivity contribution < 1.29 is 12.0 Å². The van der Waals surface area contributed by atoms with Gasteiger partial charge >= 0.3 is 0 Å². The van der Waals surface area contributed by atoms with Gasteiger partial charge in [-0.3, -0.25) is 0 Å². The van der Waals surface area contributed by atoms with Gasteiger partial charge in [0, 0.05) is 13.7 Å². The number of hydrogen-bond acceptors (Lipinski definition) is 3. The molecule has 24 heavy (non-hydrogen) atoms. The SMILES string of the molecule is CC.CC.CC.CCC.CCO.CN.Cc1ccc(N)cc1C.O.[HH]. The van der Waals surface area contributed by atoms with Crippen LogP contribution in [0.5, 0.6) is 0 Å². The van der Waals surface area contributed by atoms with Crippen molar-refractivity contribution in [2.45, 2.75) is 82.6 Å². The van der Waals surface area contributed by atoms with Crippen LogP contribution in [0.1, 0.15) is 81.3 Å². The normalized spacial score (nSPS) is 6.08. The van der Waals surface area contributed by atoms with E-state index >= 15 is 0 Å². The molecular weight excluding hydrogens is 300 g/mol. The Balaban J connectivity index is -0.0000000260. The highest BCUT2D eigenvalue weighted by atomic mass is 16.2. The predicted molar refractivity (Wildman–Crippen MR) is 119 cm³/mol. The minimum Gasteiger partial charge on any atom is -0.412 e. The molecule has 0 aliphatic rings. The molecule has 0 spiro atoms. The van der Waals surface area contributed by atoms with Gasteiger partial charge in [0.2, 0.25) is 0 Å². The van der Waals surface area contributed by atoms with Crippen molar-refractivity contribution in [1.29, 1.82) is 0 Å². The maximum absolute atomic E-state index is 7.57. The van der Waals surface area contributed by atoms with E-state index in [1.54, 1.807) is 6.92 Å². The number of rotatable bonds is 0. The van der Waals surface area contributed by atoms with Crippen LogP contribution in [0.4, 0.5) is 5.69 Å². The Morgan fingerprint density at radius 1 is 0.833 bits per heavy atom. The Morgan fingerprint density at radius 2 is 1.08 bits per heavy atom. The topological polar surface area (TPSA) is 104 Å². The van der Waals surface area contributed by atoms with Crippen LogP contribution in [0.2, 0.25) is 0 Å². The van der Waals surface area contributed by atoms with Crippen LogP contribution in [-0.2, 0) is 0 Å². The molecule has 0 atom stereocenters. The smallest absolute Gasteiger partial charge is 0.0402 e. The molecule has 0 heterocycles. The van der Waals surface area contributed by atoms with Gasteiger partial charge in [-0.05, 0) is 51.1 Å². The van der Waals surface area contributed by atoms with Gasteiger partial charge in [0.15, 0.2) is 0 Å². The van der Waals surface area contributed by atoms with Gasteiger partial charge in [-0.15, -0.1) is 0 Å². The van der Waals surface area contributed by atoms with E-state index in [1.807, 2.05) is 59.7 Å². The third kappa shape index (κ3) is 58.4. The molecule has 4 heteroatoms. The fourth-order valence-corrected chi connectivity index (χ4v) is 0.765. The van der Waals surface area contributed by atoms with E-state index in [1.165, 1.54) is 24.6 Å². The van der Waals surface area contributed by atoms with E-state index in [9.17, 15) is 0 Å². The fraction of sp³-hybridized carbons (Fsp3) is 0.700. The average Bonchev–Trinajstić information content (AvgIpc) is 2.60. The number of aliphatic hydroxyl groups is 1. The van der Waals surface area contributed by atoms with Crippen LogP contribution in [0.25, 0.3) is 0 Å². The summed E-state index contributed by atoms with van der Waals surface area (Å²) >= 11 is 0. The van der Waals surface area contributed by atoms with Crippen molar-refractivity contribution in [2.24, 2.45) is 5.73 Å². The number of benzene rings is 1. The number of aliphatic hydroxyl groups excluding tert-OH is 1. The number of anilines is 1. The van der Waals surface area contributed by atoms with Gasteiger partial charge in [0.05, 0.1) is 0 Å². The van der Waals surface area contributed by atoms with Gasteiger partial charge in [0.25, 0.3) is 0 Å². The maximum atomic E-state index is 7.57. The monoisotopic (exact) mass is 352 g/mol. The maximum Gasteiger partial charge on any atom is 0.0402 e. The molecule has 0 aromatic heterocycles. The summed E-state index contributed by atoms with van der Waals surface area (Å²) in [4.78, 5) is 0. The van der Waals surface area contributed by atoms with Crippen LogP contribution in [-0.4, -0.2) is 24.2 Å². The Bertz CT molecular complexity index is 259. The van der Waals surface area contributed by atoms with E-state index in [2.05, 4.69) is 33.4 Å². The van der Waals surface area contributed by atoms with Crippen molar-refractivity contribution >= 4 is 5.69 Å². The first-order chi connectivity index (χ1) is 11.0. The van der Waals surface area contributed by atoms with E-state index < -0.39 is 0 Å². The molecule has 154 valence electrons. The number of aryl methyl sites for hydroxylation is 2. The molecular formula is C20H52N2O2. The Hall–Kier alpha value is -1.10. The molecule has 7 N–H and O–H groups in total. The van der Waals surface area contributed by atoms with Crippen molar-refractivity contribution in [3.8, 4) is 0 Å². The lowest BCUT2D eigenvalue weighted by molar-refractivity contribution is 0.318. The van der Waals surface area contributed by atoms with Crippen molar-refractivity contribution in [3.05, 3.63) is 29.3 Å². The summed E-state index contributed by atoms with van der Waals surface area (Å²) in [5.41, 5.74) is 13.4. The highest BCUT2D eigenvalue weighted by molar-refractivity contribution is 5.43. The van der Waals surface area contributed by atoms with E-state index in [0.717, 1.165) is 5.69 Å². The lowest BCUT2D eigenvalue weighted by Gasteiger charge is -1.98. The first-order valence-corrected chi connectivity index (χ1v) is 9.04. The molecule has 0 unspecified atom stereocenters. The van der Waals surface area contributed by atoms with Crippen LogP contribution in [0.15, 0.2) is 18.2 Å². The van der Waals surface area contributed by atoms with Crippen molar-refractivity contribution in [1.82, 2.24) is 0 Å². The molecule has 0 saturated carbocycles. The molecule has 4 nitrogen and oxygen atoms in total. The van der Waals surface area contributed by atoms with Gasteiger partial charge < -0.3 is 22.1 Å². The summed E-state index contributed by atoms with van der Waals surface area (Å²) in [5, 5.41) is 7.57. The molecule has 0 aliphatic heterocycles. The van der Waals surface area contributed by atoms with E-state index in [0.29, 0.717) is 0 Å². The van der Waals surface area contributed by atoms with E-state index in [4.69, 9.17) is 10.8 Å². The van der Waals surface area contributed by atoms with Crippen molar-refractivity contribution in [2.75, 3.05) is 19.4 Å². The summed E-state index contributed by atoms with van der Waals surface area (Å²) in [6, 6.07) is 5.93.